The van der Waals surface area contributed by atoms with Crippen LogP contribution in [0.15, 0.2) is 18.2 Å². The number of nitrogens with two attached hydrogens (primary N) is 1. The molecule has 0 aliphatic carbocycles. The zero-order chi connectivity index (χ0) is 13.5. The van der Waals surface area contributed by atoms with Crippen molar-refractivity contribution in [2.24, 2.45) is 5.73 Å². The summed E-state index contributed by atoms with van der Waals surface area (Å²) < 4.78 is 10.2. The summed E-state index contributed by atoms with van der Waals surface area (Å²) in [6.45, 7) is 0.585. The van der Waals surface area contributed by atoms with Gasteiger partial charge in [-0.05, 0) is 36.1 Å². The molecule has 0 heterocycles. The second kappa shape index (κ2) is 6.98. The van der Waals surface area contributed by atoms with Crippen LogP contribution in [0, 0.1) is 0 Å². The molecule has 5 heteroatoms. The molecule has 0 saturated carbocycles. The second-order valence-corrected chi connectivity index (χ2v) is 4.03. The lowest BCUT2D eigenvalue weighted by molar-refractivity contribution is -0.138. The van der Waals surface area contributed by atoms with Crippen LogP contribution in [0.2, 0.25) is 0 Å². The Balaban J connectivity index is 2.92. The first-order chi connectivity index (χ1) is 8.58. The van der Waals surface area contributed by atoms with Crippen molar-refractivity contribution in [2.45, 2.75) is 18.9 Å². The van der Waals surface area contributed by atoms with E-state index in [0.29, 0.717) is 12.4 Å². The normalized spacial score (nSPS) is 12.2. The zero-order valence-electron chi connectivity index (χ0n) is 10.7. The van der Waals surface area contributed by atoms with Crippen LogP contribution in [0.5, 0.6) is 5.75 Å². The quantitative estimate of drug-likeness (QED) is 0.752. The number of benzene rings is 1. The van der Waals surface area contributed by atoms with Gasteiger partial charge in [0.2, 0.25) is 0 Å². The van der Waals surface area contributed by atoms with E-state index in [-0.39, 0.29) is 6.42 Å². The van der Waals surface area contributed by atoms with Gasteiger partial charge in [0.15, 0.2) is 0 Å². The molecular weight excluding hydrogens is 234 g/mol. The van der Waals surface area contributed by atoms with E-state index >= 15 is 0 Å². The lowest BCUT2D eigenvalue weighted by Gasteiger charge is -2.13. The molecular formula is C13H19NO4. The molecule has 100 valence electrons. The Hall–Kier alpha value is -1.59. The molecule has 0 fully saturated rings. The molecule has 5 nitrogen and oxygen atoms in total. The first kappa shape index (κ1) is 14.5. The van der Waals surface area contributed by atoms with Crippen LogP contribution in [0.25, 0.3) is 0 Å². The number of aliphatic carboxylic acids is 1. The van der Waals surface area contributed by atoms with Crippen LogP contribution in [-0.4, -0.2) is 37.9 Å². The van der Waals surface area contributed by atoms with E-state index in [1.807, 2.05) is 18.2 Å². The largest absolute Gasteiger partial charge is 0.497 e. The minimum atomic E-state index is -1.00. The van der Waals surface area contributed by atoms with Gasteiger partial charge in [0.05, 0.1) is 13.7 Å². The Morgan fingerprint density at radius 2 is 2.11 bits per heavy atom. The van der Waals surface area contributed by atoms with Crippen LogP contribution in [0.3, 0.4) is 0 Å². The summed E-state index contributed by atoms with van der Waals surface area (Å²) in [6.07, 6.45) is 1.01. The molecule has 0 bridgehead atoms. The van der Waals surface area contributed by atoms with Gasteiger partial charge in [-0.1, -0.05) is 6.07 Å². The minimum absolute atomic E-state index is 0.283. The summed E-state index contributed by atoms with van der Waals surface area (Å²) in [5, 5.41) is 8.86. The van der Waals surface area contributed by atoms with Crippen molar-refractivity contribution in [3.05, 3.63) is 29.3 Å². The number of carboxylic acids is 1. The number of hydrogen-bond acceptors (Lipinski definition) is 4. The van der Waals surface area contributed by atoms with E-state index in [1.54, 1.807) is 14.2 Å². The van der Waals surface area contributed by atoms with Gasteiger partial charge in [0.25, 0.3) is 0 Å². The van der Waals surface area contributed by atoms with Crippen molar-refractivity contribution in [2.75, 3.05) is 20.8 Å². The number of hydrogen-bond donors (Lipinski definition) is 2. The molecule has 1 aromatic carbocycles. The fourth-order valence-corrected chi connectivity index (χ4v) is 1.70. The lowest BCUT2D eigenvalue weighted by Crippen LogP contribution is -2.32. The Bertz CT molecular complexity index is 406. The van der Waals surface area contributed by atoms with E-state index in [0.717, 1.165) is 17.5 Å². The first-order valence-corrected chi connectivity index (χ1v) is 5.71. The molecule has 18 heavy (non-hydrogen) atoms. The summed E-state index contributed by atoms with van der Waals surface area (Å²) in [5.41, 5.74) is 7.49. The number of methoxy groups -OCH3 is 2. The highest BCUT2D eigenvalue weighted by molar-refractivity contribution is 5.73. The Morgan fingerprint density at radius 1 is 1.39 bits per heavy atom. The molecule has 1 atom stereocenters. The van der Waals surface area contributed by atoms with Crippen molar-refractivity contribution < 1.29 is 19.4 Å². The molecule has 1 aromatic rings. The lowest BCUT2D eigenvalue weighted by atomic mass is 9.98. The molecule has 1 rings (SSSR count). The van der Waals surface area contributed by atoms with Crippen LogP contribution in [0.1, 0.15) is 11.1 Å². The van der Waals surface area contributed by atoms with Gasteiger partial charge in [0, 0.05) is 7.11 Å². The molecule has 0 aliphatic rings. The van der Waals surface area contributed by atoms with Crippen LogP contribution in [0.4, 0.5) is 0 Å². The van der Waals surface area contributed by atoms with Crippen molar-refractivity contribution in [1.29, 1.82) is 0 Å². The van der Waals surface area contributed by atoms with Gasteiger partial charge < -0.3 is 20.3 Å². The third-order valence-electron chi connectivity index (χ3n) is 2.75. The second-order valence-electron chi connectivity index (χ2n) is 4.03. The molecule has 3 N–H and O–H groups in total. The van der Waals surface area contributed by atoms with E-state index < -0.39 is 12.0 Å². The Labute approximate surface area is 107 Å². The van der Waals surface area contributed by atoms with Crippen molar-refractivity contribution >= 4 is 5.97 Å². The fraction of sp³-hybridized carbons (Fsp3) is 0.462. The highest BCUT2D eigenvalue weighted by atomic mass is 16.5. The molecule has 0 saturated heterocycles. The standard InChI is InChI=1S/C13H19NO4/c1-17-6-5-9-3-4-11(18-2)7-10(9)8-12(14)13(15)16/h3-4,7,12H,5-6,8,14H2,1-2H3,(H,15,16)/t12-/m0/s1. The average molecular weight is 253 g/mol. The van der Waals surface area contributed by atoms with E-state index in [9.17, 15) is 4.79 Å². The van der Waals surface area contributed by atoms with Gasteiger partial charge in [-0.3, -0.25) is 4.79 Å². The highest BCUT2D eigenvalue weighted by Crippen LogP contribution is 2.19. The van der Waals surface area contributed by atoms with Crippen LogP contribution in [-0.2, 0) is 22.4 Å². The van der Waals surface area contributed by atoms with E-state index in [4.69, 9.17) is 20.3 Å². The monoisotopic (exact) mass is 253 g/mol. The zero-order valence-corrected chi connectivity index (χ0v) is 10.7. The molecule has 0 aliphatic heterocycles. The molecule has 0 spiro atoms. The third kappa shape index (κ3) is 4.01. The van der Waals surface area contributed by atoms with Gasteiger partial charge >= 0.3 is 5.97 Å². The van der Waals surface area contributed by atoms with Crippen molar-refractivity contribution in [3.63, 3.8) is 0 Å². The SMILES string of the molecule is COCCc1ccc(OC)cc1C[C@H](N)C(=O)O. The van der Waals surface area contributed by atoms with Gasteiger partial charge in [-0.25, -0.2) is 0 Å². The summed E-state index contributed by atoms with van der Waals surface area (Å²) >= 11 is 0. The maximum Gasteiger partial charge on any atom is 0.320 e. The molecule has 0 amide bonds. The van der Waals surface area contributed by atoms with E-state index in [1.165, 1.54) is 0 Å². The molecule has 0 aromatic heterocycles. The summed E-state index contributed by atoms with van der Waals surface area (Å²) in [4.78, 5) is 10.8. The Morgan fingerprint density at radius 3 is 2.67 bits per heavy atom. The van der Waals surface area contributed by atoms with E-state index in [2.05, 4.69) is 0 Å². The fourth-order valence-electron chi connectivity index (χ4n) is 1.70. The van der Waals surface area contributed by atoms with Crippen molar-refractivity contribution in [3.8, 4) is 5.75 Å². The maximum absolute atomic E-state index is 10.8. The number of rotatable bonds is 7. The molecule has 0 radical (unpaired) electrons. The smallest absolute Gasteiger partial charge is 0.320 e. The predicted molar refractivity (Wildman–Crippen MR) is 67.9 cm³/mol. The molecule has 0 unspecified atom stereocenters. The third-order valence-corrected chi connectivity index (χ3v) is 2.75. The number of carboxylic acid groups (broad SMARTS) is 1. The van der Waals surface area contributed by atoms with Crippen LogP contribution >= 0.6 is 0 Å². The first-order valence-electron chi connectivity index (χ1n) is 5.71. The highest BCUT2D eigenvalue weighted by Gasteiger charge is 2.15. The van der Waals surface area contributed by atoms with Crippen LogP contribution < -0.4 is 10.5 Å². The average Bonchev–Trinajstić information content (AvgIpc) is 2.36. The summed E-state index contributed by atoms with van der Waals surface area (Å²) in [6, 6.07) is 4.69. The Kier molecular flexibility index (Phi) is 5.61. The maximum atomic E-state index is 10.8. The van der Waals surface area contributed by atoms with Gasteiger partial charge in [0.1, 0.15) is 11.8 Å². The van der Waals surface area contributed by atoms with Gasteiger partial charge in [-0.15, -0.1) is 0 Å². The topological polar surface area (TPSA) is 81.8 Å². The summed E-state index contributed by atoms with van der Waals surface area (Å²) in [5.74, 6) is -0.306. The van der Waals surface area contributed by atoms with Crippen molar-refractivity contribution in [1.82, 2.24) is 0 Å². The minimum Gasteiger partial charge on any atom is -0.497 e. The number of ether oxygens (including phenoxy) is 2. The summed E-state index contributed by atoms with van der Waals surface area (Å²) in [7, 11) is 3.21. The van der Waals surface area contributed by atoms with Gasteiger partial charge in [-0.2, -0.15) is 0 Å². The predicted octanol–water partition coefficient (Wildman–Crippen LogP) is 0.838. The number of carbonyl (C=O) groups is 1.